The van der Waals surface area contributed by atoms with E-state index < -0.39 is 0 Å². The minimum Gasteiger partial charge on any atom is -0.507 e. The summed E-state index contributed by atoms with van der Waals surface area (Å²) in [5.41, 5.74) is 3.59. The normalized spacial score (nSPS) is 14.4. The summed E-state index contributed by atoms with van der Waals surface area (Å²) >= 11 is 0. The Labute approximate surface area is 114 Å². The summed E-state index contributed by atoms with van der Waals surface area (Å²) in [5.74, 6) is 1.44. The molecule has 2 aromatic rings. The van der Waals surface area contributed by atoms with Crippen LogP contribution in [0.15, 0.2) is 18.2 Å². The Morgan fingerprint density at radius 1 is 1.11 bits per heavy atom. The zero-order chi connectivity index (χ0) is 13.4. The maximum Gasteiger partial charge on any atom is 0.130 e. The summed E-state index contributed by atoms with van der Waals surface area (Å²) in [6, 6.07) is 6.28. The van der Waals surface area contributed by atoms with Gasteiger partial charge in [-0.1, -0.05) is 19.1 Å². The molecule has 1 aliphatic carbocycles. The zero-order valence-electron chi connectivity index (χ0n) is 11.6. The Morgan fingerprint density at radius 3 is 2.53 bits per heavy atom. The fourth-order valence-electron chi connectivity index (χ4n) is 3.18. The van der Waals surface area contributed by atoms with Gasteiger partial charge in [-0.25, -0.2) is 0 Å². The van der Waals surface area contributed by atoms with Crippen LogP contribution in [0.2, 0.25) is 0 Å². The Morgan fingerprint density at radius 2 is 1.84 bits per heavy atom. The number of ether oxygens (including phenoxy) is 1. The maximum absolute atomic E-state index is 10.5. The molecular weight excluding hydrogens is 236 g/mol. The number of methoxy groups -OCH3 is 1. The molecule has 1 N–H and O–H groups in total. The van der Waals surface area contributed by atoms with E-state index in [2.05, 4.69) is 19.1 Å². The van der Waals surface area contributed by atoms with E-state index in [4.69, 9.17) is 4.74 Å². The van der Waals surface area contributed by atoms with E-state index in [1.54, 1.807) is 7.11 Å². The molecule has 0 aromatic heterocycles. The number of hydrogen-bond donors (Lipinski definition) is 1. The highest BCUT2D eigenvalue weighted by Gasteiger charge is 2.22. The van der Waals surface area contributed by atoms with Crippen molar-refractivity contribution in [3.8, 4) is 11.5 Å². The lowest BCUT2D eigenvalue weighted by Gasteiger charge is -2.22. The number of fused-ring (bicyclic) bond motifs is 2. The molecule has 0 saturated heterocycles. The summed E-state index contributed by atoms with van der Waals surface area (Å²) in [5, 5.41) is 12.5. The van der Waals surface area contributed by atoms with Crippen molar-refractivity contribution in [3.05, 3.63) is 34.9 Å². The monoisotopic (exact) mass is 256 g/mol. The molecule has 0 spiro atoms. The average molecular weight is 256 g/mol. The van der Waals surface area contributed by atoms with Gasteiger partial charge in [0.2, 0.25) is 0 Å². The van der Waals surface area contributed by atoms with Gasteiger partial charge in [-0.15, -0.1) is 0 Å². The number of phenolic OH excluding ortho intramolecular Hbond substituents is 1. The van der Waals surface area contributed by atoms with E-state index in [0.29, 0.717) is 5.75 Å². The number of aromatic hydroxyl groups is 1. The van der Waals surface area contributed by atoms with E-state index in [9.17, 15) is 5.11 Å². The standard InChI is InChI=1S/C17H20O2/c1-3-11-8-9-13-15(10-11)17(19-2)14-7-5-4-6-12(14)16(13)18/h8-10,18H,3-7H2,1-2H3. The summed E-state index contributed by atoms with van der Waals surface area (Å²) in [6.45, 7) is 2.14. The van der Waals surface area contributed by atoms with Gasteiger partial charge in [0.1, 0.15) is 11.5 Å². The average Bonchev–Trinajstić information content (AvgIpc) is 2.47. The number of phenols is 1. The number of benzene rings is 2. The van der Waals surface area contributed by atoms with Crippen LogP contribution in [0.4, 0.5) is 0 Å². The molecule has 19 heavy (non-hydrogen) atoms. The Bertz CT molecular complexity index is 629. The molecule has 2 heteroatoms. The predicted octanol–water partition coefficient (Wildman–Crippen LogP) is 4.00. The van der Waals surface area contributed by atoms with E-state index in [1.165, 1.54) is 17.5 Å². The van der Waals surface area contributed by atoms with Crippen molar-refractivity contribution in [1.29, 1.82) is 0 Å². The van der Waals surface area contributed by atoms with Gasteiger partial charge in [-0.2, -0.15) is 0 Å². The first kappa shape index (κ1) is 12.3. The van der Waals surface area contributed by atoms with Crippen molar-refractivity contribution in [3.63, 3.8) is 0 Å². The lowest BCUT2D eigenvalue weighted by molar-refractivity contribution is 0.407. The predicted molar refractivity (Wildman–Crippen MR) is 78.2 cm³/mol. The quantitative estimate of drug-likeness (QED) is 0.880. The first-order chi connectivity index (χ1) is 9.26. The smallest absolute Gasteiger partial charge is 0.130 e. The van der Waals surface area contributed by atoms with Gasteiger partial charge in [0.15, 0.2) is 0 Å². The van der Waals surface area contributed by atoms with Crippen molar-refractivity contribution in [2.75, 3.05) is 7.11 Å². The first-order valence-corrected chi connectivity index (χ1v) is 7.09. The minimum absolute atomic E-state index is 0.466. The fraction of sp³-hybridized carbons (Fsp3) is 0.412. The van der Waals surface area contributed by atoms with Crippen LogP contribution in [-0.4, -0.2) is 12.2 Å². The molecule has 0 radical (unpaired) electrons. The molecule has 0 amide bonds. The lowest BCUT2D eigenvalue weighted by atomic mass is 9.87. The highest BCUT2D eigenvalue weighted by Crippen LogP contribution is 2.43. The van der Waals surface area contributed by atoms with Gasteiger partial charge in [0.05, 0.1) is 7.11 Å². The van der Waals surface area contributed by atoms with Crippen LogP contribution in [0.3, 0.4) is 0 Å². The van der Waals surface area contributed by atoms with Gasteiger partial charge < -0.3 is 9.84 Å². The second-order valence-corrected chi connectivity index (χ2v) is 5.28. The Balaban J connectivity index is 2.38. The van der Waals surface area contributed by atoms with Crippen LogP contribution in [0.5, 0.6) is 11.5 Å². The molecule has 0 aliphatic heterocycles. The molecule has 1 aliphatic rings. The third-order valence-electron chi connectivity index (χ3n) is 4.22. The molecular formula is C17H20O2. The van der Waals surface area contributed by atoms with Crippen molar-refractivity contribution in [2.24, 2.45) is 0 Å². The van der Waals surface area contributed by atoms with Crippen LogP contribution in [0.25, 0.3) is 10.8 Å². The Hall–Kier alpha value is -1.70. The van der Waals surface area contributed by atoms with Gasteiger partial charge >= 0.3 is 0 Å². The second kappa shape index (κ2) is 4.76. The SMILES string of the molecule is CCc1ccc2c(O)c3c(c(OC)c2c1)CCCC3. The van der Waals surface area contributed by atoms with Crippen molar-refractivity contribution in [2.45, 2.75) is 39.0 Å². The lowest BCUT2D eigenvalue weighted by Crippen LogP contribution is -2.06. The van der Waals surface area contributed by atoms with E-state index in [1.807, 2.05) is 6.07 Å². The van der Waals surface area contributed by atoms with Crippen LogP contribution in [0.1, 0.15) is 36.5 Å². The minimum atomic E-state index is 0.466. The highest BCUT2D eigenvalue weighted by molar-refractivity contribution is 5.96. The molecule has 2 nitrogen and oxygen atoms in total. The molecule has 0 heterocycles. The highest BCUT2D eigenvalue weighted by atomic mass is 16.5. The van der Waals surface area contributed by atoms with Crippen molar-refractivity contribution < 1.29 is 9.84 Å². The largest absolute Gasteiger partial charge is 0.507 e. The molecule has 3 rings (SSSR count). The fourth-order valence-corrected chi connectivity index (χ4v) is 3.18. The van der Waals surface area contributed by atoms with Gasteiger partial charge in [0, 0.05) is 21.9 Å². The molecule has 0 unspecified atom stereocenters. The van der Waals surface area contributed by atoms with E-state index in [-0.39, 0.29) is 0 Å². The molecule has 0 atom stereocenters. The van der Waals surface area contributed by atoms with Crippen molar-refractivity contribution >= 4 is 10.8 Å². The molecule has 2 aromatic carbocycles. The van der Waals surface area contributed by atoms with Crippen LogP contribution >= 0.6 is 0 Å². The van der Waals surface area contributed by atoms with Gasteiger partial charge in [-0.05, 0) is 43.7 Å². The van der Waals surface area contributed by atoms with Crippen LogP contribution < -0.4 is 4.74 Å². The van der Waals surface area contributed by atoms with E-state index in [0.717, 1.165) is 47.8 Å². The first-order valence-electron chi connectivity index (χ1n) is 7.09. The molecule has 100 valence electrons. The van der Waals surface area contributed by atoms with Gasteiger partial charge in [-0.3, -0.25) is 0 Å². The summed E-state index contributed by atoms with van der Waals surface area (Å²) in [7, 11) is 1.74. The number of rotatable bonds is 2. The summed E-state index contributed by atoms with van der Waals surface area (Å²) in [4.78, 5) is 0. The van der Waals surface area contributed by atoms with Crippen LogP contribution in [0, 0.1) is 0 Å². The summed E-state index contributed by atoms with van der Waals surface area (Å²) in [6.07, 6.45) is 5.31. The molecule has 0 bridgehead atoms. The topological polar surface area (TPSA) is 29.5 Å². The molecule has 0 saturated carbocycles. The van der Waals surface area contributed by atoms with Crippen molar-refractivity contribution in [1.82, 2.24) is 0 Å². The third-order valence-corrected chi connectivity index (χ3v) is 4.22. The third kappa shape index (κ3) is 1.86. The summed E-state index contributed by atoms with van der Waals surface area (Å²) < 4.78 is 5.67. The van der Waals surface area contributed by atoms with E-state index >= 15 is 0 Å². The Kier molecular flexibility index (Phi) is 3.09. The molecule has 0 fully saturated rings. The van der Waals surface area contributed by atoms with Gasteiger partial charge in [0.25, 0.3) is 0 Å². The number of aryl methyl sites for hydroxylation is 1. The number of hydrogen-bond acceptors (Lipinski definition) is 2. The second-order valence-electron chi connectivity index (χ2n) is 5.28. The maximum atomic E-state index is 10.5. The zero-order valence-corrected chi connectivity index (χ0v) is 11.6. The van der Waals surface area contributed by atoms with Crippen LogP contribution in [-0.2, 0) is 19.3 Å².